The maximum Gasteiger partial charge on any atom is 0.270 e. The summed E-state index contributed by atoms with van der Waals surface area (Å²) in [6.07, 6.45) is 0.454. The Balaban J connectivity index is 2.52. The maximum atomic E-state index is 11.8. The van der Waals surface area contributed by atoms with Crippen LogP contribution >= 0.6 is 22.0 Å². The number of carbonyl (C=O) groups excluding carboxylic acids is 1. The first-order valence-corrected chi connectivity index (χ1v) is 9.43. The fourth-order valence-electron chi connectivity index (χ4n) is 1.43. The summed E-state index contributed by atoms with van der Waals surface area (Å²) >= 11 is 1.07. The molecule has 0 fully saturated rings. The maximum absolute atomic E-state index is 11.8. The van der Waals surface area contributed by atoms with Crippen LogP contribution in [0.3, 0.4) is 0 Å². The number of carbonyl (C=O) groups is 1. The van der Waals surface area contributed by atoms with Crippen LogP contribution in [0.5, 0.6) is 0 Å². The van der Waals surface area contributed by atoms with E-state index in [-0.39, 0.29) is 21.4 Å². The van der Waals surface area contributed by atoms with Gasteiger partial charge >= 0.3 is 0 Å². The van der Waals surface area contributed by atoms with Crippen LogP contribution in [-0.2, 0) is 20.4 Å². The topological polar surface area (TPSA) is 63.2 Å². The van der Waals surface area contributed by atoms with Crippen molar-refractivity contribution in [2.75, 3.05) is 0 Å². The monoisotopic (exact) mass is 337 g/mol. The lowest BCUT2D eigenvalue weighted by Gasteiger charge is -2.26. The van der Waals surface area contributed by atoms with Gasteiger partial charge in [0.2, 0.25) is 5.91 Å². The summed E-state index contributed by atoms with van der Waals surface area (Å²) in [7, 11) is 1.57. The second kappa shape index (κ2) is 6.45. The molecule has 7 heteroatoms. The molecule has 0 saturated carbocycles. The molecule has 1 aromatic rings. The van der Waals surface area contributed by atoms with Crippen LogP contribution in [0.1, 0.15) is 39.0 Å². The fraction of sp³-hybridized carbons (Fsp3) is 0.615. The van der Waals surface area contributed by atoms with Crippen LogP contribution in [0.15, 0.2) is 16.3 Å². The Hall–Kier alpha value is -0.590. The summed E-state index contributed by atoms with van der Waals surface area (Å²) in [6.45, 7) is 8.67. The van der Waals surface area contributed by atoms with E-state index in [9.17, 15) is 13.2 Å². The third-order valence-corrected chi connectivity index (χ3v) is 6.49. The van der Waals surface area contributed by atoms with Gasteiger partial charge in [-0.25, -0.2) is 8.42 Å². The predicted molar refractivity (Wildman–Crippen MR) is 82.4 cm³/mol. The largest absolute Gasteiger partial charge is 0.351 e. The molecule has 1 amide bonds. The average molecular weight is 338 g/mol. The third kappa shape index (κ3) is 5.42. The molecule has 0 aliphatic carbocycles. The van der Waals surface area contributed by atoms with Crippen molar-refractivity contribution in [3.63, 3.8) is 0 Å². The highest BCUT2D eigenvalue weighted by Crippen LogP contribution is 2.28. The van der Waals surface area contributed by atoms with E-state index in [1.807, 2.05) is 6.92 Å². The van der Waals surface area contributed by atoms with Crippen molar-refractivity contribution in [1.82, 2.24) is 5.32 Å². The van der Waals surface area contributed by atoms with Gasteiger partial charge in [0.1, 0.15) is 4.21 Å². The first-order chi connectivity index (χ1) is 9.00. The molecule has 0 aliphatic rings. The number of halogens is 1. The quantitative estimate of drug-likeness (QED) is 0.838. The van der Waals surface area contributed by atoms with Crippen LogP contribution in [0.2, 0.25) is 0 Å². The Bertz CT molecular complexity index is 573. The number of thiophene rings is 1. The van der Waals surface area contributed by atoms with Gasteiger partial charge in [0.05, 0.1) is 6.54 Å². The molecule has 0 saturated heterocycles. The summed E-state index contributed by atoms with van der Waals surface area (Å²) in [5, 5.41) is 2.80. The number of hydrogen-bond donors (Lipinski definition) is 1. The summed E-state index contributed by atoms with van der Waals surface area (Å²) in [4.78, 5) is 12.6. The van der Waals surface area contributed by atoms with Crippen molar-refractivity contribution in [2.45, 2.75) is 44.9 Å². The van der Waals surface area contributed by atoms with Gasteiger partial charge in [-0.05, 0) is 23.5 Å². The second-order valence-corrected chi connectivity index (χ2v) is 9.87. The molecule has 1 unspecified atom stereocenters. The highest BCUT2D eigenvalue weighted by atomic mass is 35.7. The standard InChI is InChI=1S/C13H20ClNO3S2/c1-9(13(2,3)4)7-11(16)15-8-10-5-6-12(19-10)20(14,17)18/h5-6,9H,7-8H2,1-4H3,(H,15,16). The van der Waals surface area contributed by atoms with Crippen LogP contribution < -0.4 is 5.32 Å². The Labute approximate surface area is 129 Å². The molecule has 4 nitrogen and oxygen atoms in total. The number of amides is 1. The zero-order chi connectivity index (χ0) is 15.6. The molecular formula is C13H20ClNO3S2. The van der Waals surface area contributed by atoms with Crippen molar-refractivity contribution in [1.29, 1.82) is 0 Å². The highest BCUT2D eigenvalue weighted by Gasteiger charge is 2.22. The molecule has 0 radical (unpaired) electrons. The van der Waals surface area contributed by atoms with Crippen molar-refractivity contribution in [2.24, 2.45) is 11.3 Å². The van der Waals surface area contributed by atoms with Crippen molar-refractivity contribution < 1.29 is 13.2 Å². The highest BCUT2D eigenvalue weighted by molar-refractivity contribution is 8.15. The van der Waals surface area contributed by atoms with E-state index < -0.39 is 9.05 Å². The van der Waals surface area contributed by atoms with E-state index in [4.69, 9.17) is 10.7 Å². The zero-order valence-electron chi connectivity index (χ0n) is 12.1. The van der Waals surface area contributed by atoms with Gasteiger partial charge in [0.25, 0.3) is 9.05 Å². The van der Waals surface area contributed by atoms with Gasteiger partial charge in [-0.15, -0.1) is 11.3 Å². The molecule has 0 aromatic carbocycles. The molecule has 1 heterocycles. The van der Waals surface area contributed by atoms with Gasteiger partial charge in [-0.1, -0.05) is 27.7 Å². The molecule has 1 N–H and O–H groups in total. The van der Waals surface area contributed by atoms with Gasteiger partial charge in [0, 0.05) is 22.0 Å². The zero-order valence-corrected chi connectivity index (χ0v) is 14.5. The summed E-state index contributed by atoms with van der Waals surface area (Å²) < 4.78 is 22.4. The lowest BCUT2D eigenvalue weighted by atomic mass is 9.80. The summed E-state index contributed by atoms with van der Waals surface area (Å²) in [6, 6.07) is 3.11. The van der Waals surface area contributed by atoms with Gasteiger partial charge in [0.15, 0.2) is 0 Å². The van der Waals surface area contributed by atoms with E-state index in [1.165, 1.54) is 6.07 Å². The Morgan fingerprint density at radius 1 is 1.40 bits per heavy atom. The normalized spacial score (nSPS) is 14.1. The van der Waals surface area contributed by atoms with Gasteiger partial charge in [-0.2, -0.15) is 0 Å². The minimum Gasteiger partial charge on any atom is -0.351 e. The smallest absolute Gasteiger partial charge is 0.270 e. The average Bonchev–Trinajstić information content (AvgIpc) is 2.73. The number of nitrogens with one attached hydrogen (secondary N) is 1. The molecule has 0 spiro atoms. The molecule has 0 aliphatic heterocycles. The van der Waals surface area contributed by atoms with E-state index >= 15 is 0 Å². The SMILES string of the molecule is CC(CC(=O)NCc1ccc(S(=O)(=O)Cl)s1)C(C)(C)C. The van der Waals surface area contributed by atoms with Crippen molar-refractivity contribution in [3.05, 3.63) is 17.0 Å². The van der Waals surface area contributed by atoms with E-state index in [2.05, 4.69) is 26.1 Å². The summed E-state index contributed by atoms with van der Waals surface area (Å²) in [5.74, 6) is 0.237. The first-order valence-electron chi connectivity index (χ1n) is 6.30. The van der Waals surface area contributed by atoms with E-state index in [1.54, 1.807) is 6.07 Å². The predicted octanol–water partition coefficient (Wildman–Crippen LogP) is 3.36. The van der Waals surface area contributed by atoms with Gasteiger partial charge in [-0.3, -0.25) is 4.79 Å². The van der Waals surface area contributed by atoms with E-state index in [0.717, 1.165) is 16.2 Å². The molecule has 20 heavy (non-hydrogen) atoms. The van der Waals surface area contributed by atoms with Crippen LogP contribution in [0.25, 0.3) is 0 Å². The molecule has 1 atom stereocenters. The molecular weight excluding hydrogens is 318 g/mol. The molecule has 1 aromatic heterocycles. The molecule has 1 rings (SSSR count). The Morgan fingerprint density at radius 3 is 2.45 bits per heavy atom. The first kappa shape index (κ1) is 17.5. The Kier molecular flexibility index (Phi) is 5.63. The van der Waals surface area contributed by atoms with Crippen molar-refractivity contribution in [3.8, 4) is 0 Å². The fourth-order valence-corrected chi connectivity index (χ4v) is 3.49. The second-order valence-electron chi connectivity index (χ2n) is 5.91. The molecule has 0 bridgehead atoms. The number of rotatable bonds is 5. The van der Waals surface area contributed by atoms with Crippen molar-refractivity contribution >= 4 is 37.0 Å². The van der Waals surface area contributed by atoms with E-state index in [0.29, 0.717) is 13.0 Å². The summed E-state index contributed by atoms with van der Waals surface area (Å²) in [5.41, 5.74) is 0.0835. The minimum atomic E-state index is -3.68. The molecule has 114 valence electrons. The number of hydrogen-bond acceptors (Lipinski definition) is 4. The lowest BCUT2D eigenvalue weighted by molar-refractivity contribution is -0.122. The third-order valence-electron chi connectivity index (χ3n) is 3.31. The van der Waals surface area contributed by atoms with Crippen LogP contribution in [0.4, 0.5) is 0 Å². The van der Waals surface area contributed by atoms with Crippen LogP contribution in [-0.4, -0.2) is 14.3 Å². The lowest BCUT2D eigenvalue weighted by Crippen LogP contribution is -2.28. The Morgan fingerprint density at radius 2 is 2.00 bits per heavy atom. The minimum absolute atomic E-state index is 0.0314. The van der Waals surface area contributed by atoms with Gasteiger partial charge < -0.3 is 5.32 Å². The van der Waals surface area contributed by atoms with Crippen LogP contribution in [0, 0.1) is 11.3 Å².